The number of aromatic amines is 1. The molecule has 0 aromatic carbocycles. The van der Waals surface area contributed by atoms with Crippen LogP contribution < -0.4 is 5.32 Å². The van der Waals surface area contributed by atoms with E-state index in [4.69, 9.17) is 0 Å². The number of nitrogens with one attached hydrogen (secondary N) is 2. The van der Waals surface area contributed by atoms with Crippen LogP contribution >= 0.6 is 0 Å². The van der Waals surface area contributed by atoms with Crippen molar-refractivity contribution in [2.24, 2.45) is 0 Å². The van der Waals surface area contributed by atoms with Gasteiger partial charge in [0, 0.05) is 18.7 Å². The maximum Gasteiger partial charge on any atom is 0.250 e. The molecule has 1 saturated carbocycles. The molecule has 3 heterocycles. The van der Waals surface area contributed by atoms with Gasteiger partial charge in [-0.15, -0.1) is 0 Å². The van der Waals surface area contributed by atoms with E-state index in [9.17, 15) is 9.59 Å². The average Bonchev–Trinajstić information content (AvgIpc) is 2.92. The summed E-state index contributed by atoms with van der Waals surface area (Å²) in [5, 5.41) is 2.86. The predicted octanol–water partition coefficient (Wildman–Crippen LogP) is -0.502. The summed E-state index contributed by atoms with van der Waals surface area (Å²) >= 11 is 0. The number of piperazine rings is 1. The van der Waals surface area contributed by atoms with Crippen molar-refractivity contribution in [1.29, 1.82) is 0 Å². The number of carbonyl (C=O) groups excluding carboxylic acids is 2. The van der Waals surface area contributed by atoms with E-state index < -0.39 is 11.6 Å². The Labute approximate surface area is 97.4 Å². The highest BCUT2D eigenvalue weighted by molar-refractivity contribution is 6.02. The first-order valence-electron chi connectivity index (χ1n) is 5.86. The Bertz CT molecular complexity index is 531. The molecule has 1 aromatic rings. The number of rotatable bonds is 0. The number of nitrogens with zero attached hydrogens (tertiary/aromatic N) is 2. The number of H-pyrrole nitrogens is 1. The summed E-state index contributed by atoms with van der Waals surface area (Å²) in [6.45, 7) is 0.605. The molecule has 2 aliphatic heterocycles. The Morgan fingerprint density at radius 1 is 1.41 bits per heavy atom. The molecule has 1 saturated heterocycles. The molecule has 6 nitrogen and oxygen atoms in total. The normalized spacial score (nSPS) is 28.7. The van der Waals surface area contributed by atoms with Gasteiger partial charge in [0.05, 0.1) is 12.0 Å². The van der Waals surface area contributed by atoms with Crippen molar-refractivity contribution in [3.05, 3.63) is 17.7 Å². The predicted molar refractivity (Wildman–Crippen MR) is 56.9 cm³/mol. The van der Waals surface area contributed by atoms with Gasteiger partial charge in [-0.25, -0.2) is 4.98 Å². The van der Waals surface area contributed by atoms with E-state index in [1.807, 2.05) is 0 Å². The van der Waals surface area contributed by atoms with E-state index in [1.165, 1.54) is 0 Å². The Balaban J connectivity index is 1.81. The van der Waals surface area contributed by atoms with E-state index in [-0.39, 0.29) is 11.8 Å². The molecule has 1 atom stereocenters. The number of carbonyl (C=O) groups is 2. The summed E-state index contributed by atoms with van der Waals surface area (Å²) < 4.78 is 0. The van der Waals surface area contributed by atoms with Gasteiger partial charge in [0.1, 0.15) is 5.54 Å². The quantitative estimate of drug-likeness (QED) is 0.633. The van der Waals surface area contributed by atoms with Crippen molar-refractivity contribution in [2.75, 3.05) is 6.54 Å². The van der Waals surface area contributed by atoms with Gasteiger partial charge in [0.2, 0.25) is 11.8 Å². The molecule has 1 spiro atoms. The van der Waals surface area contributed by atoms with Gasteiger partial charge in [-0.3, -0.25) is 9.59 Å². The monoisotopic (exact) mass is 232 g/mol. The van der Waals surface area contributed by atoms with E-state index in [1.54, 1.807) is 11.2 Å². The van der Waals surface area contributed by atoms with Crippen molar-refractivity contribution in [1.82, 2.24) is 20.2 Å². The van der Waals surface area contributed by atoms with Crippen molar-refractivity contribution in [3.63, 3.8) is 0 Å². The van der Waals surface area contributed by atoms with Crippen molar-refractivity contribution >= 4 is 11.8 Å². The largest absolute Gasteiger partial charge is 0.348 e. The highest BCUT2D eigenvalue weighted by Gasteiger charge is 2.59. The van der Waals surface area contributed by atoms with E-state index in [0.29, 0.717) is 12.2 Å². The maximum absolute atomic E-state index is 12.3. The fraction of sp³-hybridized carbons (Fsp3) is 0.545. The van der Waals surface area contributed by atoms with Crippen LogP contribution in [-0.2, 0) is 16.0 Å². The third kappa shape index (κ3) is 1.02. The molecule has 3 aliphatic rings. The van der Waals surface area contributed by atoms with E-state index in [2.05, 4.69) is 15.3 Å². The van der Waals surface area contributed by atoms with Crippen molar-refractivity contribution in [3.8, 4) is 0 Å². The Hall–Kier alpha value is -1.85. The average molecular weight is 232 g/mol. The van der Waals surface area contributed by atoms with Crippen LogP contribution in [0.2, 0.25) is 0 Å². The summed E-state index contributed by atoms with van der Waals surface area (Å²) in [4.78, 5) is 33.3. The van der Waals surface area contributed by atoms with Crippen LogP contribution in [0.1, 0.15) is 30.3 Å². The summed E-state index contributed by atoms with van der Waals surface area (Å²) in [5.74, 6) is -0.0223. The Morgan fingerprint density at radius 3 is 3.00 bits per heavy atom. The lowest BCUT2D eigenvalue weighted by Crippen LogP contribution is -2.62. The van der Waals surface area contributed by atoms with Crippen LogP contribution in [-0.4, -0.2) is 38.8 Å². The highest BCUT2D eigenvalue weighted by atomic mass is 16.2. The zero-order chi connectivity index (χ0) is 11.6. The van der Waals surface area contributed by atoms with Gasteiger partial charge < -0.3 is 15.2 Å². The third-order valence-electron chi connectivity index (χ3n) is 3.96. The molecule has 1 unspecified atom stereocenters. The zero-order valence-electron chi connectivity index (χ0n) is 9.19. The van der Waals surface area contributed by atoms with Crippen LogP contribution in [0.5, 0.6) is 0 Å². The topological polar surface area (TPSA) is 78.1 Å². The second-order valence-electron chi connectivity index (χ2n) is 4.99. The first-order valence-corrected chi connectivity index (χ1v) is 5.86. The molecule has 2 fully saturated rings. The third-order valence-corrected chi connectivity index (χ3v) is 3.96. The first-order chi connectivity index (χ1) is 8.21. The zero-order valence-corrected chi connectivity index (χ0v) is 9.19. The van der Waals surface area contributed by atoms with Crippen molar-refractivity contribution < 1.29 is 9.59 Å². The molecule has 17 heavy (non-hydrogen) atoms. The molecule has 88 valence electrons. The minimum atomic E-state index is -0.568. The van der Waals surface area contributed by atoms with Gasteiger partial charge in [-0.05, 0) is 12.8 Å². The summed E-state index contributed by atoms with van der Waals surface area (Å²) in [6, 6.07) is -0.524. The van der Waals surface area contributed by atoms with Gasteiger partial charge in [0.25, 0.3) is 0 Å². The van der Waals surface area contributed by atoms with Crippen LogP contribution in [0.4, 0.5) is 0 Å². The number of hydrogen-bond donors (Lipinski definition) is 2. The fourth-order valence-corrected chi connectivity index (χ4v) is 2.86. The maximum atomic E-state index is 12.3. The summed E-state index contributed by atoms with van der Waals surface area (Å²) in [6.07, 6.45) is 3.89. The smallest absolute Gasteiger partial charge is 0.250 e. The Morgan fingerprint density at radius 2 is 2.24 bits per heavy atom. The molecule has 0 radical (unpaired) electrons. The van der Waals surface area contributed by atoms with Gasteiger partial charge in [0.15, 0.2) is 6.04 Å². The lowest BCUT2D eigenvalue weighted by atomic mass is 9.96. The summed E-state index contributed by atoms with van der Waals surface area (Å²) in [7, 11) is 0. The molecule has 1 aromatic heterocycles. The molecular formula is C11H12N4O2. The number of fused-ring (bicyclic) bond motifs is 3. The van der Waals surface area contributed by atoms with Gasteiger partial charge in [-0.1, -0.05) is 0 Å². The minimum absolute atomic E-state index is 0.0655. The standard InChI is InChI=1S/C11H12N4O2/c16-9-8-7-6(12-5-13-7)1-4-15(8)10(17)11(14-9)2-3-11/h5,8H,1-4H2,(H,12,13)(H,14,16). The van der Waals surface area contributed by atoms with E-state index in [0.717, 1.165) is 25.0 Å². The second-order valence-corrected chi connectivity index (χ2v) is 4.99. The molecule has 6 heteroatoms. The number of aromatic nitrogens is 2. The molecule has 2 amide bonds. The lowest BCUT2D eigenvalue weighted by Gasteiger charge is -2.41. The summed E-state index contributed by atoms with van der Waals surface area (Å²) in [5.41, 5.74) is 1.11. The minimum Gasteiger partial charge on any atom is -0.348 e. The second kappa shape index (κ2) is 2.69. The van der Waals surface area contributed by atoms with Gasteiger partial charge >= 0.3 is 0 Å². The SMILES string of the molecule is O=C1NC2(CC2)C(=O)N2CCc3[nH]cnc3C12. The number of hydrogen-bond acceptors (Lipinski definition) is 3. The van der Waals surface area contributed by atoms with Gasteiger partial charge in [-0.2, -0.15) is 0 Å². The molecular weight excluding hydrogens is 220 g/mol. The van der Waals surface area contributed by atoms with Crippen LogP contribution in [0.15, 0.2) is 6.33 Å². The number of imidazole rings is 1. The lowest BCUT2D eigenvalue weighted by molar-refractivity contribution is -0.151. The number of amides is 2. The van der Waals surface area contributed by atoms with Crippen molar-refractivity contribution in [2.45, 2.75) is 30.8 Å². The molecule has 1 aliphatic carbocycles. The first kappa shape index (κ1) is 9.21. The fourth-order valence-electron chi connectivity index (χ4n) is 2.86. The van der Waals surface area contributed by atoms with Crippen LogP contribution in [0.3, 0.4) is 0 Å². The van der Waals surface area contributed by atoms with Crippen LogP contribution in [0.25, 0.3) is 0 Å². The molecule has 0 bridgehead atoms. The molecule has 2 N–H and O–H groups in total. The highest BCUT2D eigenvalue weighted by Crippen LogP contribution is 2.44. The molecule has 4 rings (SSSR count). The van der Waals surface area contributed by atoms with E-state index >= 15 is 0 Å². The van der Waals surface area contributed by atoms with Crippen LogP contribution in [0, 0.1) is 0 Å². The Kier molecular flexibility index (Phi) is 1.46.